The zero-order valence-corrected chi connectivity index (χ0v) is 10.3. The van der Waals surface area contributed by atoms with E-state index in [4.69, 9.17) is 0 Å². The maximum atomic E-state index is 11.7. The minimum absolute atomic E-state index is 0.0105. The van der Waals surface area contributed by atoms with Gasteiger partial charge in [-0.2, -0.15) is 11.8 Å². The Morgan fingerprint density at radius 3 is 2.73 bits per heavy atom. The van der Waals surface area contributed by atoms with E-state index in [9.17, 15) is 9.59 Å². The largest absolute Gasteiger partial charge is 0.345 e. The Balaban J connectivity index is 2.64. The van der Waals surface area contributed by atoms with Crippen LogP contribution in [0, 0.1) is 0 Å². The van der Waals surface area contributed by atoms with Crippen LogP contribution in [-0.4, -0.2) is 46.8 Å². The SMILES string of the molecule is CCSCCN1C(=O)CNC(=O)C1(C)C. The smallest absolute Gasteiger partial charge is 0.245 e. The fraction of sp³-hybridized carbons (Fsp3) is 0.800. The van der Waals surface area contributed by atoms with E-state index in [0.717, 1.165) is 11.5 Å². The number of carbonyl (C=O) groups is 2. The number of rotatable bonds is 4. The normalized spacial score (nSPS) is 20.3. The van der Waals surface area contributed by atoms with Crippen LogP contribution in [0.25, 0.3) is 0 Å². The quantitative estimate of drug-likeness (QED) is 0.715. The molecule has 1 aliphatic heterocycles. The van der Waals surface area contributed by atoms with Gasteiger partial charge in [0.1, 0.15) is 5.54 Å². The van der Waals surface area contributed by atoms with Crippen molar-refractivity contribution in [1.82, 2.24) is 10.2 Å². The maximum absolute atomic E-state index is 11.7. The molecular weight excluding hydrogens is 212 g/mol. The molecule has 0 radical (unpaired) electrons. The lowest BCUT2D eigenvalue weighted by atomic mass is 9.99. The van der Waals surface area contributed by atoms with Crippen LogP contribution in [0.1, 0.15) is 20.8 Å². The predicted octanol–water partition coefficient (Wildman–Crippen LogP) is 0.476. The van der Waals surface area contributed by atoms with Gasteiger partial charge in [-0.3, -0.25) is 9.59 Å². The predicted molar refractivity (Wildman–Crippen MR) is 61.8 cm³/mol. The van der Waals surface area contributed by atoms with Crippen molar-refractivity contribution in [2.75, 3.05) is 24.6 Å². The first kappa shape index (κ1) is 12.4. The minimum Gasteiger partial charge on any atom is -0.345 e. The molecule has 1 N–H and O–H groups in total. The molecule has 1 saturated heterocycles. The Morgan fingerprint density at radius 1 is 1.47 bits per heavy atom. The van der Waals surface area contributed by atoms with E-state index in [0.29, 0.717) is 6.54 Å². The molecule has 0 atom stereocenters. The molecule has 1 rings (SSSR count). The Labute approximate surface area is 94.8 Å². The molecule has 0 aliphatic carbocycles. The van der Waals surface area contributed by atoms with Crippen LogP contribution in [0.2, 0.25) is 0 Å². The molecule has 0 unspecified atom stereocenters. The van der Waals surface area contributed by atoms with Crippen LogP contribution in [0.3, 0.4) is 0 Å². The third kappa shape index (κ3) is 2.65. The second-order valence-corrected chi connectivity index (χ2v) is 5.38. The highest BCUT2D eigenvalue weighted by Gasteiger charge is 2.40. The van der Waals surface area contributed by atoms with E-state index in [1.165, 1.54) is 0 Å². The van der Waals surface area contributed by atoms with Crippen LogP contribution in [0.15, 0.2) is 0 Å². The summed E-state index contributed by atoms with van der Waals surface area (Å²) in [4.78, 5) is 24.9. The van der Waals surface area contributed by atoms with Gasteiger partial charge in [-0.25, -0.2) is 0 Å². The molecule has 0 aromatic rings. The fourth-order valence-corrected chi connectivity index (χ4v) is 2.21. The lowest BCUT2D eigenvalue weighted by Crippen LogP contribution is -2.64. The fourth-order valence-electron chi connectivity index (χ4n) is 1.61. The van der Waals surface area contributed by atoms with Gasteiger partial charge in [-0.15, -0.1) is 0 Å². The van der Waals surface area contributed by atoms with Crippen molar-refractivity contribution < 1.29 is 9.59 Å². The number of nitrogens with zero attached hydrogens (tertiary/aromatic N) is 1. The summed E-state index contributed by atoms with van der Waals surface area (Å²) < 4.78 is 0. The standard InChI is InChI=1S/C10H18N2O2S/c1-4-15-6-5-12-8(13)7-11-9(14)10(12,2)3/h4-7H2,1-3H3,(H,11,14). The third-order valence-electron chi connectivity index (χ3n) is 2.60. The Hall–Kier alpha value is -0.710. The zero-order valence-electron chi connectivity index (χ0n) is 9.50. The van der Waals surface area contributed by atoms with Crippen molar-refractivity contribution in [1.29, 1.82) is 0 Å². The second-order valence-electron chi connectivity index (χ2n) is 3.98. The summed E-state index contributed by atoms with van der Waals surface area (Å²) in [6, 6.07) is 0. The maximum Gasteiger partial charge on any atom is 0.245 e. The molecule has 0 spiro atoms. The van der Waals surface area contributed by atoms with Gasteiger partial charge < -0.3 is 10.2 Å². The minimum atomic E-state index is -0.705. The first-order valence-corrected chi connectivity index (χ1v) is 6.32. The summed E-state index contributed by atoms with van der Waals surface area (Å²) >= 11 is 1.78. The van der Waals surface area contributed by atoms with Crippen LogP contribution in [0.4, 0.5) is 0 Å². The highest BCUT2D eigenvalue weighted by atomic mass is 32.2. The van der Waals surface area contributed by atoms with Crippen LogP contribution >= 0.6 is 11.8 Å². The third-order valence-corrected chi connectivity index (χ3v) is 3.47. The second kappa shape index (κ2) is 4.88. The average Bonchev–Trinajstić information content (AvgIpc) is 2.18. The van der Waals surface area contributed by atoms with E-state index in [1.54, 1.807) is 30.5 Å². The summed E-state index contributed by atoms with van der Waals surface area (Å²) in [7, 11) is 0. The van der Waals surface area contributed by atoms with E-state index < -0.39 is 5.54 Å². The number of thioether (sulfide) groups is 1. The highest BCUT2D eigenvalue weighted by Crippen LogP contribution is 2.18. The van der Waals surface area contributed by atoms with E-state index >= 15 is 0 Å². The summed E-state index contributed by atoms with van der Waals surface area (Å²) in [5.74, 6) is 1.87. The van der Waals surface area contributed by atoms with Gasteiger partial charge in [-0.05, 0) is 19.6 Å². The monoisotopic (exact) mass is 230 g/mol. The number of nitrogens with one attached hydrogen (secondary N) is 1. The Morgan fingerprint density at radius 2 is 2.13 bits per heavy atom. The van der Waals surface area contributed by atoms with Gasteiger partial charge in [0.2, 0.25) is 11.8 Å². The van der Waals surface area contributed by atoms with Crippen LogP contribution in [0.5, 0.6) is 0 Å². The number of hydrogen-bond donors (Lipinski definition) is 1. The van der Waals surface area contributed by atoms with Crippen molar-refractivity contribution in [3.8, 4) is 0 Å². The van der Waals surface area contributed by atoms with E-state index in [2.05, 4.69) is 12.2 Å². The van der Waals surface area contributed by atoms with Gasteiger partial charge in [0.25, 0.3) is 0 Å². The van der Waals surface area contributed by atoms with E-state index in [1.807, 2.05) is 0 Å². The molecule has 1 aliphatic rings. The Kier molecular flexibility index (Phi) is 4.02. The molecule has 0 saturated carbocycles. The average molecular weight is 230 g/mol. The summed E-state index contributed by atoms with van der Waals surface area (Å²) in [5.41, 5.74) is -0.705. The van der Waals surface area contributed by atoms with Gasteiger partial charge in [0.05, 0.1) is 6.54 Å². The number of piperazine rings is 1. The van der Waals surface area contributed by atoms with Gasteiger partial charge in [-0.1, -0.05) is 6.92 Å². The first-order chi connectivity index (χ1) is 7.00. The molecule has 2 amide bonds. The van der Waals surface area contributed by atoms with Crippen LogP contribution < -0.4 is 5.32 Å². The molecular formula is C10H18N2O2S. The molecule has 86 valence electrons. The molecule has 5 heteroatoms. The number of carbonyl (C=O) groups excluding carboxylic acids is 2. The molecule has 4 nitrogen and oxygen atoms in total. The highest BCUT2D eigenvalue weighted by molar-refractivity contribution is 7.99. The van der Waals surface area contributed by atoms with Gasteiger partial charge >= 0.3 is 0 Å². The number of amides is 2. The lowest BCUT2D eigenvalue weighted by molar-refractivity contribution is -0.150. The molecule has 0 aromatic carbocycles. The van der Waals surface area contributed by atoms with E-state index in [-0.39, 0.29) is 18.4 Å². The van der Waals surface area contributed by atoms with Gasteiger partial charge in [0, 0.05) is 12.3 Å². The summed E-state index contributed by atoms with van der Waals surface area (Å²) in [6.45, 7) is 6.45. The molecule has 15 heavy (non-hydrogen) atoms. The van der Waals surface area contributed by atoms with Crippen molar-refractivity contribution in [3.05, 3.63) is 0 Å². The van der Waals surface area contributed by atoms with Crippen molar-refractivity contribution in [2.45, 2.75) is 26.3 Å². The Bertz CT molecular complexity index is 266. The lowest BCUT2D eigenvalue weighted by Gasteiger charge is -2.41. The first-order valence-electron chi connectivity index (χ1n) is 5.16. The van der Waals surface area contributed by atoms with Crippen molar-refractivity contribution >= 4 is 23.6 Å². The molecule has 0 bridgehead atoms. The van der Waals surface area contributed by atoms with Crippen LogP contribution in [-0.2, 0) is 9.59 Å². The van der Waals surface area contributed by atoms with Crippen molar-refractivity contribution in [2.24, 2.45) is 0 Å². The summed E-state index contributed by atoms with van der Waals surface area (Å²) in [6.07, 6.45) is 0. The molecule has 0 aromatic heterocycles. The van der Waals surface area contributed by atoms with Gasteiger partial charge in [0.15, 0.2) is 0 Å². The topological polar surface area (TPSA) is 49.4 Å². The zero-order chi connectivity index (χ0) is 11.5. The summed E-state index contributed by atoms with van der Waals surface area (Å²) in [5, 5.41) is 2.61. The van der Waals surface area contributed by atoms with Crippen molar-refractivity contribution in [3.63, 3.8) is 0 Å². The number of hydrogen-bond acceptors (Lipinski definition) is 3. The molecule has 1 fully saturated rings. The molecule has 1 heterocycles.